The van der Waals surface area contributed by atoms with E-state index in [4.69, 9.17) is 9.47 Å². The van der Waals surface area contributed by atoms with Crippen LogP contribution in [0.5, 0.6) is 5.75 Å². The highest BCUT2D eigenvalue weighted by Gasteiger charge is 2.21. The fourth-order valence-electron chi connectivity index (χ4n) is 3.94. The van der Waals surface area contributed by atoms with E-state index in [1.807, 2.05) is 19.1 Å². The lowest BCUT2D eigenvalue weighted by Crippen LogP contribution is -2.29. The number of ether oxygens (including phenoxy) is 2. The first-order valence-corrected chi connectivity index (χ1v) is 11.9. The summed E-state index contributed by atoms with van der Waals surface area (Å²) in [5, 5.41) is 0. The van der Waals surface area contributed by atoms with Crippen LogP contribution in [0.3, 0.4) is 0 Å². The Morgan fingerprint density at radius 3 is 2.41 bits per heavy atom. The second kappa shape index (κ2) is 14.3. The summed E-state index contributed by atoms with van der Waals surface area (Å²) in [6.45, 7) is 4.46. The van der Waals surface area contributed by atoms with E-state index in [1.165, 1.54) is 68.9 Å². The van der Waals surface area contributed by atoms with Gasteiger partial charge in [-0.15, -0.1) is 0 Å². The highest BCUT2D eigenvalue weighted by atomic mass is 16.6. The Kier molecular flexibility index (Phi) is 11.6. The molecule has 0 N–H and O–H groups in total. The molecular weight excluding hydrogens is 360 g/mol. The van der Waals surface area contributed by atoms with E-state index >= 15 is 0 Å². The molecule has 3 nitrogen and oxygen atoms in total. The number of unbranched alkanes of at least 4 members (excludes halogenated alkanes) is 5. The van der Waals surface area contributed by atoms with Gasteiger partial charge in [-0.3, -0.25) is 0 Å². The van der Waals surface area contributed by atoms with Crippen LogP contribution >= 0.6 is 0 Å². The molecule has 1 aromatic carbocycles. The maximum absolute atomic E-state index is 12.3. The summed E-state index contributed by atoms with van der Waals surface area (Å²) in [4.78, 5) is 12.3. The average molecular weight is 401 g/mol. The van der Waals surface area contributed by atoms with Crippen molar-refractivity contribution in [2.45, 2.75) is 103 Å². The van der Waals surface area contributed by atoms with Gasteiger partial charge in [0, 0.05) is 0 Å². The fourth-order valence-corrected chi connectivity index (χ4v) is 3.94. The van der Waals surface area contributed by atoms with Gasteiger partial charge in [-0.1, -0.05) is 70.1 Å². The van der Waals surface area contributed by atoms with Gasteiger partial charge in [-0.2, -0.15) is 0 Å². The van der Waals surface area contributed by atoms with Crippen molar-refractivity contribution in [2.75, 3.05) is 6.61 Å². The molecule has 162 valence electrons. The van der Waals surface area contributed by atoms with Gasteiger partial charge in [0.15, 0.2) is 6.10 Å². The average Bonchev–Trinajstić information content (AvgIpc) is 2.70. The van der Waals surface area contributed by atoms with Crippen LogP contribution in [0.15, 0.2) is 30.3 Å². The normalized spacial score (nSPS) is 15.7. The van der Waals surface area contributed by atoms with Crippen LogP contribution in [0.2, 0.25) is 0 Å². The summed E-state index contributed by atoms with van der Waals surface area (Å²) < 4.78 is 11.3. The summed E-state index contributed by atoms with van der Waals surface area (Å²) in [6.07, 6.45) is 17.4. The summed E-state index contributed by atoms with van der Waals surface area (Å²) in [5.74, 6) is 0.511. The summed E-state index contributed by atoms with van der Waals surface area (Å²) in [6, 6.07) is 8.27. The third kappa shape index (κ3) is 9.06. The highest BCUT2D eigenvalue weighted by molar-refractivity contribution is 5.75. The SMILES string of the molecule is CCCCCCCCC(Oc1ccc(C2=CCCCCCC2)cc1)C(=O)OCC. The van der Waals surface area contributed by atoms with E-state index in [-0.39, 0.29) is 5.97 Å². The number of allylic oxidation sites excluding steroid dienone is 2. The van der Waals surface area contributed by atoms with Crippen molar-refractivity contribution in [3.8, 4) is 5.75 Å². The number of hydrogen-bond acceptors (Lipinski definition) is 3. The van der Waals surface area contributed by atoms with Crippen LogP contribution in [-0.2, 0) is 9.53 Å². The molecule has 0 fully saturated rings. The van der Waals surface area contributed by atoms with Crippen molar-refractivity contribution in [1.29, 1.82) is 0 Å². The van der Waals surface area contributed by atoms with Crippen molar-refractivity contribution in [2.24, 2.45) is 0 Å². The van der Waals surface area contributed by atoms with Gasteiger partial charge in [-0.05, 0) is 68.7 Å². The van der Waals surface area contributed by atoms with Crippen LogP contribution in [0, 0.1) is 0 Å². The van der Waals surface area contributed by atoms with Gasteiger partial charge in [-0.25, -0.2) is 4.79 Å². The van der Waals surface area contributed by atoms with Crippen LogP contribution in [0.25, 0.3) is 5.57 Å². The zero-order valence-corrected chi connectivity index (χ0v) is 18.6. The van der Waals surface area contributed by atoms with E-state index in [0.29, 0.717) is 6.61 Å². The van der Waals surface area contributed by atoms with Gasteiger partial charge < -0.3 is 9.47 Å². The van der Waals surface area contributed by atoms with Crippen molar-refractivity contribution >= 4 is 11.5 Å². The van der Waals surface area contributed by atoms with Gasteiger partial charge >= 0.3 is 5.97 Å². The molecule has 0 heterocycles. The predicted octanol–water partition coefficient (Wildman–Crippen LogP) is 7.49. The second-order valence-electron chi connectivity index (χ2n) is 8.12. The first-order valence-electron chi connectivity index (χ1n) is 11.9. The van der Waals surface area contributed by atoms with Crippen LogP contribution in [0.1, 0.15) is 103 Å². The smallest absolute Gasteiger partial charge is 0.347 e. The molecule has 1 unspecified atom stereocenters. The first kappa shape index (κ1) is 23.5. The Morgan fingerprint density at radius 1 is 0.931 bits per heavy atom. The number of carbonyl (C=O) groups is 1. The second-order valence-corrected chi connectivity index (χ2v) is 8.12. The molecule has 1 aliphatic rings. The molecular formula is C26H40O3. The zero-order valence-electron chi connectivity index (χ0n) is 18.6. The number of esters is 1. The van der Waals surface area contributed by atoms with Gasteiger partial charge in [0.25, 0.3) is 0 Å². The molecule has 29 heavy (non-hydrogen) atoms. The molecule has 0 radical (unpaired) electrons. The first-order chi connectivity index (χ1) is 14.2. The quantitative estimate of drug-likeness (QED) is 0.269. The summed E-state index contributed by atoms with van der Waals surface area (Å²) in [7, 11) is 0. The molecule has 0 saturated carbocycles. The van der Waals surface area contributed by atoms with E-state index < -0.39 is 6.10 Å². The van der Waals surface area contributed by atoms with Crippen molar-refractivity contribution < 1.29 is 14.3 Å². The molecule has 1 atom stereocenters. The van der Waals surface area contributed by atoms with E-state index in [9.17, 15) is 4.79 Å². The molecule has 2 rings (SSSR count). The van der Waals surface area contributed by atoms with Crippen molar-refractivity contribution in [3.63, 3.8) is 0 Å². The Hall–Kier alpha value is -1.77. The maximum Gasteiger partial charge on any atom is 0.347 e. The lowest BCUT2D eigenvalue weighted by molar-refractivity contribution is -0.151. The fraction of sp³-hybridized carbons (Fsp3) is 0.654. The molecule has 3 heteroatoms. The molecule has 0 bridgehead atoms. The molecule has 1 aliphatic carbocycles. The van der Waals surface area contributed by atoms with E-state index in [0.717, 1.165) is 31.4 Å². The Labute approximate surface area is 177 Å². The lowest BCUT2D eigenvalue weighted by atomic mass is 9.95. The number of rotatable bonds is 12. The minimum Gasteiger partial charge on any atom is -0.479 e. The van der Waals surface area contributed by atoms with Crippen molar-refractivity contribution in [1.82, 2.24) is 0 Å². The van der Waals surface area contributed by atoms with Crippen LogP contribution in [-0.4, -0.2) is 18.7 Å². The van der Waals surface area contributed by atoms with E-state index in [1.54, 1.807) is 0 Å². The standard InChI is InChI=1S/C26H40O3/c1-3-5-6-7-11-14-17-25(26(27)28-4-2)29-24-20-18-23(19-21-24)22-15-12-9-8-10-13-16-22/h15,18-21,25H,3-14,16-17H2,1-2H3. The topological polar surface area (TPSA) is 35.5 Å². The Morgan fingerprint density at radius 2 is 1.66 bits per heavy atom. The zero-order chi connectivity index (χ0) is 20.7. The van der Waals surface area contributed by atoms with Gasteiger partial charge in [0.2, 0.25) is 0 Å². The number of carbonyl (C=O) groups excluding carboxylic acids is 1. The minimum absolute atomic E-state index is 0.243. The largest absolute Gasteiger partial charge is 0.479 e. The summed E-state index contributed by atoms with van der Waals surface area (Å²) >= 11 is 0. The molecule has 0 amide bonds. The predicted molar refractivity (Wildman–Crippen MR) is 121 cm³/mol. The molecule has 0 saturated heterocycles. The van der Waals surface area contributed by atoms with Gasteiger partial charge in [0.1, 0.15) is 5.75 Å². The third-order valence-corrected chi connectivity index (χ3v) is 5.66. The molecule has 1 aromatic rings. The van der Waals surface area contributed by atoms with Crippen LogP contribution < -0.4 is 4.74 Å². The third-order valence-electron chi connectivity index (χ3n) is 5.66. The van der Waals surface area contributed by atoms with Crippen molar-refractivity contribution in [3.05, 3.63) is 35.9 Å². The molecule has 0 aromatic heterocycles. The summed E-state index contributed by atoms with van der Waals surface area (Å²) in [5.41, 5.74) is 2.73. The lowest BCUT2D eigenvalue weighted by Gasteiger charge is -2.18. The Bertz CT molecular complexity index is 603. The molecule has 0 spiro atoms. The number of benzene rings is 1. The molecule has 0 aliphatic heterocycles. The maximum atomic E-state index is 12.3. The van der Waals surface area contributed by atoms with Gasteiger partial charge in [0.05, 0.1) is 6.61 Å². The van der Waals surface area contributed by atoms with E-state index in [2.05, 4.69) is 25.1 Å². The minimum atomic E-state index is -0.507. The highest BCUT2D eigenvalue weighted by Crippen LogP contribution is 2.27. The van der Waals surface area contributed by atoms with Crippen LogP contribution in [0.4, 0.5) is 0 Å². The monoisotopic (exact) mass is 400 g/mol. The Balaban J connectivity index is 1.92. The number of hydrogen-bond donors (Lipinski definition) is 0.